The van der Waals surface area contributed by atoms with E-state index >= 15 is 0 Å². The number of hydrogen-bond donors (Lipinski definition) is 2. The van der Waals surface area contributed by atoms with E-state index in [0.29, 0.717) is 12.5 Å². The second kappa shape index (κ2) is 3.27. The lowest BCUT2D eigenvalue weighted by Crippen LogP contribution is -2.37. The number of rotatable bonds is 5. The lowest BCUT2D eigenvalue weighted by Gasteiger charge is -2.28. The van der Waals surface area contributed by atoms with Gasteiger partial charge in [-0.3, -0.25) is 5.41 Å². The summed E-state index contributed by atoms with van der Waals surface area (Å²) in [4.78, 5) is 0. The average Bonchev–Trinajstić information content (AvgIpc) is 2.64. The molecule has 0 spiro atoms. The van der Waals surface area contributed by atoms with E-state index in [4.69, 9.17) is 20.6 Å². The first kappa shape index (κ1) is 8.97. The van der Waals surface area contributed by atoms with Gasteiger partial charge in [-0.05, 0) is 12.8 Å². The molecule has 0 unspecified atom stereocenters. The molecule has 1 aliphatic carbocycles. The summed E-state index contributed by atoms with van der Waals surface area (Å²) in [6, 6.07) is 0. The van der Waals surface area contributed by atoms with Crippen LogP contribution in [0.25, 0.3) is 0 Å². The topological polar surface area (TPSA) is 68.3 Å². The lowest BCUT2D eigenvalue weighted by molar-refractivity contribution is -0.137. The van der Waals surface area contributed by atoms with Gasteiger partial charge in [0.2, 0.25) is 0 Å². The predicted octanol–water partition coefficient (Wildman–Crippen LogP) is 0.508. The summed E-state index contributed by atoms with van der Waals surface area (Å²) >= 11 is 0. The maximum atomic E-state index is 7.23. The zero-order chi connectivity index (χ0) is 9.31. The molecule has 0 aromatic rings. The SMILES string of the molecule is N=C(N)CC1(COC2COC2)CC1. The first-order valence-electron chi connectivity index (χ1n) is 4.72. The van der Waals surface area contributed by atoms with E-state index in [1.807, 2.05) is 0 Å². The molecule has 1 saturated carbocycles. The molecule has 1 saturated heterocycles. The molecule has 1 heterocycles. The molecule has 0 atom stereocenters. The molecule has 2 aliphatic rings. The minimum Gasteiger partial charge on any atom is -0.388 e. The summed E-state index contributed by atoms with van der Waals surface area (Å²) in [5, 5.41) is 7.23. The van der Waals surface area contributed by atoms with Crippen molar-refractivity contribution in [2.75, 3.05) is 19.8 Å². The highest BCUT2D eigenvalue weighted by Crippen LogP contribution is 2.49. The van der Waals surface area contributed by atoms with E-state index < -0.39 is 0 Å². The number of amidine groups is 1. The standard InChI is InChI=1S/C9H16N2O2/c10-8(11)3-9(1-2-9)6-13-7-4-12-5-7/h7H,1-6H2,(H3,10,11). The summed E-state index contributed by atoms with van der Waals surface area (Å²) in [5.41, 5.74) is 5.58. The zero-order valence-corrected chi connectivity index (χ0v) is 7.71. The Morgan fingerprint density at radius 1 is 1.54 bits per heavy atom. The van der Waals surface area contributed by atoms with E-state index in [-0.39, 0.29) is 11.3 Å². The molecule has 2 fully saturated rings. The second-order valence-corrected chi connectivity index (χ2v) is 4.17. The first-order valence-corrected chi connectivity index (χ1v) is 4.72. The quantitative estimate of drug-likeness (QED) is 0.483. The molecule has 2 rings (SSSR count). The van der Waals surface area contributed by atoms with Crippen molar-refractivity contribution < 1.29 is 9.47 Å². The largest absolute Gasteiger partial charge is 0.388 e. The predicted molar refractivity (Wildman–Crippen MR) is 48.8 cm³/mol. The van der Waals surface area contributed by atoms with Crippen LogP contribution in [-0.4, -0.2) is 31.8 Å². The van der Waals surface area contributed by atoms with Gasteiger partial charge in [0.15, 0.2) is 0 Å². The average molecular weight is 184 g/mol. The Bertz CT molecular complexity index is 210. The fourth-order valence-electron chi connectivity index (χ4n) is 1.56. The molecule has 4 heteroatoms. The number of hydrogen-bond acceptors (Lipinski definition) is 3. The Balaban J connectivity index is 1.70. The molecule has 74 valence electrons. The lowest BCUT2D eigenvalue weighted by atomic mass is 10.0. The van der Waals surface area contributed by atoms with E-state index in [1.54, 1.807) is 0 Å². The van der Waals surface area contributed by atoms with E-state index in [2.05, 4.69) is 0 Å². The van der Waals surface area contributed by atoms with Crippen LogP contribution in [0.1, 0.15) is 19.3 Å². The first-order chi connectivity index (χ1) is 6.20. The summed E-state index contributed by atoms with van der Waals surface area (Å²) in [6.07, 6.45) is 3.30. The Hall–Kier alpha value is -0.610. The third-order valence-corrected chi connectivity index (χ3v) is 2.76. The van der Waals surface area contributed by atoms with Gasteiger partial charge in [0.25, 0.3) is 0 Å². The van der Waals surface area contributed by atoms with E-state index in [0.717, 1.165) is 32.7 Å². The van der Waals surface area contributed by atoms with Crippen molar-refractivity contribution in [3.8, 4) is 0 Å². The molecule has 0 amide bonds. The van der Waals surface area contributed by atoms with Crippen LogP contribution >= 0.6 is 0 Å². The van der Waals surface area contributed by atoms with Crippen molar-refractivity contribution in [2.45, 2.75) is 25.4 Å². The normalized spacial score (nSPS) is 25.2. The second-order valence-electron chi connectivity index (χ2n) is 4.17. The highest BCUT2D eigenvalue weighted by Gasteiger charge is 2.44. The van der Waals surface area contributed by atoms with Crippen LogP contribution in [-0.2, 0) is 9.47 Å². The Morgan fingerprint density at radius 2 is 2.23 bits per heavy atom. The molecule has 13 heavy (non-hydrogen) atoms. The third kappa shape index (κ3) is 2.19. The molecule has 0 bridgehead atoms. The maximum absolute atomic E-state index is 7.23. The van der Waals surface area contributed by atoms with Crippen molar-refractivity contribution in [2.24, 2.45) is 11.1 Å². The summed E-state index contributed by atoms with van der Waals surface area (Å²) < 4.78 is 10.6. The van der Waals surface area contributed by atoms with Crippen LogP contribution in [0.5, 0.6) is 0 Å². The maximum Gasteiger partial charge on any atom is 0.104 e. The van der Waals surface area contributed by atoms with Crippen molar-refractivity contribution in [1.82, 2.24) is 0 Å². The van der Waals surface area contributed by atoms with Crippen molar-refractivity contribution >= 4 is 5.84 Å². The Kier molecular flexibility index (Phi) is 2.26. The van der Waals surface area contributed by atoms with Gasteiger partial charge in [0.1, 0.15) is 6.10 Å². The van der Waals surface area contributed by atoms with Crippen molar-refractivity contribution in [3.63, 3.8) is 0 Å². The van der Waals surface area contributed by atoms with Crippen LogP contribution in [0, 0.1) is 10.8 Å². The van der Waals surface area contributed by atoms with Gasteiger partial charge in [-0.25, -0.2) is 0 Å². The van der Waals surface area contributed by atoms with Crippen LogP contribution < -0.4 is 5.73 Å². The number of nitrogens with one attached hydrogen (secondary N) is 1. The minimum absolute atomic E-state index is 0.210. The molecule has 0 radical (unpaired) electrons. The Labute approximate surface area is 77.9 Å². The number of nitrogens with two attached hydrogens (primary N) is 1. The van der Waals surface area contributed by atoms with Gasteiger partial charge >= 0.3 is 0 Å². The molecule has 3 N–H and O–H groups in total. The molecular weight excluding hydrogens is 168 g/mol. The minimum atomic E-state index is 0.210. The fraction of sp³-hybridized carbons (Fsp3) is 0.889. The highest BCUT2D eigenvalue weighted by molar-refractivity contribution is 5.78. The van der Waals surface area contributed by atoms with Gasteiger partial charge in [0.05, 0.1) is 25.7 Å². The van der Waals surface area contributed by atoms with Gasteiger partial charge in [-0.15, -0.1) is 0 Å². The number of ether oxygens (including phenoxy) is 2. The molecule has 0 aromatic carbocycles. The third-order valence-electron chi connectivity index (χ3n) is 2.76. The van der Waals surface area contributed by atoms with Crippen LogP contribution in [0.2, 0.25) is 0 Å². The summed E-state index contributed by atoms with van der Waals surface area (Å²) in [7, 11) is 0. The van der Waals surface area contributed by atoms with Gasteiger partial charge in [0, 0.05) is 11.8 Å². The molecule has 1 aliphatic heterocycles. The van der Waals surface area contributed by atoms with Gasteiger partial charge in [-0.2, -0.15) is 0 Å². The monoisotopic (exact) mass is 184 g/mol. The van der Waals surface area contributed by atoms with E-state index in [1.165, 1.54) is 0 Å². The highest BCUT2D eigenvalue weighted by atomic mass is 16.6. The molecular formula is C9H16N2O2. The molecule has 4 nitrogen and oxygen atoms in total. The van der Waals surface area contributed by atoms with Crippen LogP contribution in [0.4, 0.5) is 0 Å². The fourth-order valence-corrected chi connectivity index (χ4v) is 1.56. The summed E-state index contributed by atoms with van der Waals surface area (Å²) in [5.74, 6) is 0.283. The Morgan fingerprint density at radius 3 is 2.62 bits per heavy atom. The summed E-state index contributed by atoms with van der Waals surface area (Å²) in [6.45, 7) is 2.22. The van der Waals surface area contributed by atoms with Crippen molar-refractivity contribution in [3.05, 3.63) is 0 Å². The van der Waals surface area contributed by atoms with E-state index in [9.17, 15) is 0 Å². The van der Waals surface area contributed by atoms with Gasteiger partial charge < -0.3 is 15.2 Å². The van der Waals surface area contributed by atoms with Crippen molar-refractivity contribution in [1.29, 1.82) is 5.41 Å². The molecule has 0 aromatic heterocycles. The zero-order valence-electron chi connectivity index (χ0n) is 7.71. The van der Waals surface area contributed by atoms with Crippen LogP contribution in [0.3, 0.4) is 0 Å². The van der Waals surface area contributed by atoms with Gasteiger partial charge in [-0.1, -0.05) is 0 Å². The smallest absolute Gasteiger partial charge is 0.104 e. The van der Waals surface area contributed by atoms with Crippen LogP contribution in [0.15, 0.2) is 0 Å².